The van der Waals surface area contributed by atoms with E-state index >= 15 is 0 Å². The van der Waals surface area contributed by atoms with Crippen LogP contribution >= 0.6 is 0 Å². The van der Waals surface area contributed by atoms with Gasteiger partial charge in [-0.05, 0) is 20.0 Å². The topological polar surface area (TPSA) is 42.2 Å². The molecule has 0 aromatic carbocycles. The molecular weight excluding hydrogens is 154 g/mol. The van der Waals surface area contributed by atoms with Gasteiger partial charge in [-0.1, -0.05) is 19.0 Å². The Morgan fingerprint density at radius 2 is 2.00 bits per heavy atom. The Morgan fingerprint density at radius 3 is 2.42 bits per heavy atom. The molecule has 1 aromatic heterocycles. The van der Waals surface area contributed by atoms with Crippen LogP contribution < -0.4 is 0 Å². The van der Waals surface area contributed by atoms with Crippen molar-refractivity contribution < 1.29 is 4.52 Å². The lowest BCUT2D eigenvalue weighted by atomic mass is 10.5. The summed E-state index contributed by atoms with van der Waals surface area (Å²) in [5, 5.41) is 3.73. The van der Waals surface area contributed by atoms with E-state index in [2.05, 4.69) is 28.9 Å². The van der Waals surface area contributed by atoms with E-state index in [1.807, 2.05) is 6.92 Å². The Morgan fingerprint density at radius 1 is 1.33 bits per heavy atom. The maximum absolute atomic E-state index is 5.00. The lowest BCUT2D eigenvalue weighted by Crippen LogP contribution is -2.22. The summed E-state index contributed by atoms with van der Waals surface area (Å²) in [6, 6.07) is 0. The molecule has 0 bridgehead atoms. The standard InChI is InChI=1S/C8H15N3O/c1-4-11(5-2)6-8-9-7(3)10-12-8/h4-6H2,1-3H3. The lowest BCUT2D eigenvalue weighted by Gasteiger charge is -2.14. The molecule has 0 fully saturated rings. The van der Waals surface area contributed by atoms with Gasteiger partial charge in [-0.25, -0.2) is 0 Å². The Bertz CT molecular complexity index is 230. The van der Waals surface area contributed by atoms with Crippen LogP contribution in [0.15, 0.2) is 4.52 Å². The van der Waals surface area contributed by atoms with Gasteiger partial charge in [-0.2, -0.15) is 4.98 Å². The van der Waals surface area contributed by atoms with E-state index in [1.165, 1.54) is 0 Å². The Kier molecular flexibility index (Phi) is 3.22. The van der Waals surface area contributed by atoms with Gasteiger partial charge in [0.05, 0.1) is 6.54 Å². The van der Waals surface area contributed by atoms with E-state index in [9.17, 15) is 0 Å². The van der Waals surface area contributed by atoms with Crippen LogP contribution in [0.4, 0.5) is 0 Å². The van der Waals surface area contributed by atoms with Crippen molar-refractivity contribution in [1.29, 1.82) is 0 Å². The van der Waals surface area contributed by atoms with Crippen molar-refractivity contribution in [1.82, 2.24) is 15.0 Å². The third-order valence-electron chi connectivity index (χ3n) is 1.82. The fraction of sp³-hybridized carbons (Fsp3) is 0.750. The minimum Gasteiger partial charge on any atom is -0.338 e. The van der Waals surface area contributed by atoms with Crippen molar-refractivity contribution in [2.45, 2.75) is 27.3 Å². The summed E-state index contributed by atoms with van der Waals surface area (Å²) in [6.45, 7) is 8.85. The van der Waals surface area contributed by atoms with Crippen LogP contribution in [0, 0.1) is 6.92 Å². The van der Waals surface area contributed by atoms with Crippen LogP contribution in [-0.2, 0) is 6.54 Å². The van der Waals surface area contributed by atoms with Gasteiger partial charge < -0.3 is 4.52 Å². The zero-order valence-corrected chi connectivity index (χ0v) is 7.87. The second-order valence-corrected chi connectivity index (χ2v) is 2.70. The van der Waals surface area contributed by atoms with Crippen LogP contribution in [0.25, 0.3) is 0 Å². The average Bonchev–Trinajstić information content (AvgIpc) is 2.47. The summed E-state index contributed by atoms with van der Waals surface area (Å²) in [5.74, 6) is 1.41. The maximum atomic E-state index is 5.00. The number of hydrogen-bond acceptors (Lipinski definition) is 4. The third kappa shape index (κ3) is 2.30. The second-order valence-electron chi connectivity index (χ2n) is 2.70. The molecule has 1 aromatic rings. The third-order valence-corrected chi connectivity index (χ3v) is 1.82. The Balaban J connectivity index is 2.50. The van der Waals surface area contributed by atoms with E-state index in [0.29, 0.717) is 11.7 Å². The number of aromatic nitrogens is 2. The summed E-state index contributed by atoms with van der Waals surface area (Å²) in [4.78, 5) is 6.36. The largest absolute Gasteiger partial charge is 0.338 e. The van der Waals surface area contributed by atoms with Crippen LogP contribution in [0.5, 0.6) is 0 Å². The highest BCUT2D eigenvalue weighted by atomic mass is 16.5. The molecule has 1 rings (SSSR count). The molecule has 0 aliphatic rings. The molecule has 1 heterocycles. The first-order valence-electron chi connectivity index (χ1n) is 4.27. The first-order valence-corrected chi connectivity index (χ1v) is 4.27. The molecule has 0 unspecified atom stereocenters. The lowest BCUT2D eigenvalue weighted by molar-refractivity contribution is 0.246. The van der Waals surface area contributed by atoms with Gasteiger partial charge >= 0.3 is 0 Å². The predicted octanol–water partition coefficient (Wildman–Crippen LogP) is 1.22. The zero-order chi connectivity index (χ0) is 8.97. The van der Waals surface area contributed by atoms with Gasteiger partial charge in [0.1, 0.15) is 0 Å². The zero-order valence-electron chi connectivity index (χ0n) is 7.87. The van der Waals surface area contributed by atoms with Crippen molar-refractivity contribution >= 4 is 0 Å². The number of hydrogen-bond donors (Lipinski definition) is 0. The van der Waals surface area contributed by atoms with Crippen LogP contribution in [0.2, 0.25) is 0 Å². The van der Waals surface area contributed by atoms with Gasteiger partial charge in [0, 0.05) is 0 Å². The van der Waals surface area contributed by atoms with Gasteiger partial charge in [0.2, 0.25) is 5.89 Å². The molecule has 0 radical (unpaired) electrons. The summed E-state index contributed by atoms with van der Waals surface area (Å²) >= 11 is 0. The summed E-state index contributed by atoms with van der Waals surface area (Å²) < 4.78 is 5.00. The molecule has 68 valence electrons. The first kappa shape index (κ1) is 9.19. The first-order chi connectivity index (χ1) is 5.76. The van der Waals surface area contributed by atoms with E-state index in [0.717, 1.165) is 19.6 Å². The van der Waals surface area contributed by atoms with E-state index < -0.39 is 0 Å². The van der Waals surface area contributed by atoms with Crippen molar-refractivity contribution in [3.05, 3.63) is 11.7 Å². The van der Waals surface area contributed by atoms with Crippen LogP contribution in [0.3, 0.4) is 0 Å². The van der Waals surface area contributed by atoms with Crippen molar-refractivity contribution in [2.24, 2.45) is 0 Å². The molecule has 0 atom stereocenters. The molecule has 0 N–H and O–H groups in total. The monoisotopic (exact) mass is 169 g/mol. The molecule has 12 heavy (non-hydrogen) atoms. The van der Waals surface area contributed by atoms with Gasteiger partial charge in [-0.15, -0.1) is 0 Å². The SMILES string of the molecule is CCN(CC)Cc1nc(C)no1. The minimum atomic E-state index is 0.705. The molecule has 0 spiro atoms. The maximum Gasteiger partial charge on any atom is 0.240 e. The Labute approximate surface area is 72.6 Å². The van der Waals surface area contributed by atoms with E-state index in [4.69, 9.17) is 4.52 Å². The Hall–Kier alpha value is -0.900. The summed E-state index contributed by atoms with van der Waals surface area (Å²) in [5.41, 5.74) is 0. The molecule has 0 saturated carbocycles. The predicted molar refractivity (Wildman–Crippen MR) is 45.7 cm³/mol. The molecular formula is C8H15N3O. The highest BCUT2D eigenvalue weighted by Crippen LogP contribution is 2.00. The van der Waals surface area contributed by atoms with E-state index in [1.54, 1.807) is 0 Å². The van der Waals surface area contributed by atoms with Gasteiger partial charge in [0.15, 0.2) is 5.82 Å². The van der Waals surface area contributed by atoms with Crippen LogP contribution in [0.1, 0.15) is 25.6 Å². The molecule has 0 amide bonds. The van der Waals surface area contributed by atoms with Gasteiger partial charge in [0.25, 0.3) is 0 Å². The van der Waals surface area contributed by atoms with Gasteiger partial charge in [-0.3, -0.25) is 4.90 Å². The average molecular weight is 169 g/mol. The highest BCUT2D eigenvalue weighted by molar-refractivity contribution is 4.82. The fourth-order valence-electron chi connectivity index (χ4n) is 1.04. The molecule has 4 heteroatoms. The normalized spacial score (nSPS) is 11.0. The summed E-state index contributed by atoms with van der Waals surface area (Å²) in [6.07, 6.45) is 0. The van der Waals surface area contributed by atoms with E-state index in [-0.39, 0.29) is 0 Å². The molecule has 0 saturated heterocycles. The van der Waals surface area contributed by atoms with Crippen LogP contribution in [-0.4, -0.2) is 28.1 Å². The number of aryl methyl sites for hydroxylation is 1. The molecule has 0 aliphatic carbocycles. The van der Waals surface area contributed by atoms with Crippen molar-refractivity contribution in [3.8, 4) is 0 Å². The second kappa shape index (κ2) is 4.21. The smallest absolute Gasteiger partial charge is 0.240 e. The van der Waals surface area contributed by atoms with Crippen molar-refractivity contribution in [2.75, 3.05) is 13.1 Å². The highest BCUT2D eigenvalue weighted by Gasteiger charge is 2.06. The quantitative estimate of drug-likeness (QED) is 0.679. The summed E-state index contributed by atoms with van der Waals surface area (Å²) in [7, 11) is 0. The molecule has 4 nitrogen and oxygen atoms in total. The number of rotatable bonds is 4. The fourth-order valence-corrected chi connectivity index (χ4v) is 1.04. The minimum absolute atomic E-state index is 0.705. The van der Waals surface area contributed by atoms with Crippen molar-refractivity contribution in [3.63, 3.8) is 0 Å². The number of nitrogens with zero attached hydrogens (tertiary/aromatic N) is 3. The molecule has 0 aliphatic heterocycles.